The first kappa shape index (κ1) is 14.1. The molecule has 0 aliphatic heterocycles. The molecular weight excluding hydrogens is 414 g/mol. The van der Waals surface area contributed by atoms with E-state index in [-0.39, 0.29) is 33.9 Å². The quantitative estimate of drug-likeness (QED) is 0.249. The zero-order valence-electron chi connectivity index (χ0n) is 29.1. The summed E-state index contributed by atoms with van der Waals surface area (Å²) in [7, 11) is 1.72. The topological polar surface area (TPSA) is 17.0 Å². The van der Waals surface area contributed by atoms with Gasteiger partial charge in [0.05, 0.1) is 6.93 Å². The van der Waals surface area contributed by atoms with Crippen LogP contribution in [0.25, 0.3) is 44.3 Å². The molecule has 0 bridgehead atoms. The maximum Gasteiger partial charge on any atom is 0.216 e. The fourth-order valence-electron chi connectivity index (χ4n) is 4.54. The average molecular weight is 458 g/mol. The van der Waals surface area contributed by atoms with Gasteiger partial charge in [-0.15, -0.1) is 0 Å². The monoisotopic (exact) mass is 457 g/mol. The first-order chi connectivity index (χ1) is 19.7. The number of para-hydroxylation sites is 1. The summed E-state index contributed by atoms with van der Waals surface area (Å²) >= 11 is 0. The summed E-state index contributed by atoms with van der Waals surface area (Å²) in [5, 5.41) is 1.82. The number of fused-ring (bicyclic) bond motifs is 3. The smallest absolute Gasteiger partial charge is 0.216 e. The van der Waals surface area contributed by atoms with Crippen molar-refractivity contribution in [1.29, 1.82) is 0 Å². The van der Waals surface area contributed by atoms with Crippen LogP contribution >= 0.6 is 0 Å². The Bertz CT molecular complexity index is 1890. The SMILES string of the molecule is [2H]c1cc(C([2H])([2H])C(C)(C)C)cc(C([2H])([2H])[2H])c1-c1cc(-c2c(C)ccc3c2oc2ccccc23)[n+](C)cc1C([2H])([2H])[2H]. The lowest BCUT2D eigenvalue weighted by Crippen LogP contribution is -2.31. The van der Waals surface area contributed by atoms with E-state index in [1.165, 1.54) is 18.3 Å². The number of hydrogen-bond donors (Lipinski definition) is 0. The van der Waals surface area contributed by atoms with Crippen LogP contribution in [0, 0.1) is 26.0 Å². The molecule has 34 heavy (non-hydrogen) atoms. The molecule has 172 valence electrons. The van der Waals surface area contributed by atoms with Crippen LogP contribution in [0.1, 0.15) is 55.4 Å². The van der Waals surface area contributed by atoms with E-state index in [1.807, 2.05) is 43.3 Å². The molecule has 0 saturated heterocycles. The summed E-state index contributed by atoms with van der Waals surface area (Å²) in [6, 6.07) is 15.6. The lowest BCUT2D eigenvalue weighted by molar-refractivity contribution is -0.660. The molecule has 0 aliphatic carbocycles. The molecule has 3 aromatic carbocycles. The molecule has 0 spiro atoms. The predicted molar refractivity (Wildman–Crippen MR) is 143 cm³/mol. The minimum absolute atomic E-state index is 0.0555. The van der Waals surface area contributed by atoms with Gasteiger partial charge in [0.25, 0.3) is 0 Å². The number of rotatable bonds is 3. The fraction of sp³-hybridized carbons (Fsp3) is 0.281. The van der Waals surface area contributed by atoms with Gasteiger partial charge in [-0.05, 0) is 66.3 Å². The Morgan fingerprint density at radius 3 is 2.50 bits per heavy atom. The second-order valence-electron chi connectivity index (χ2n) is 9.88. The van der Waals surface area contributed by atoms with Crippen LogP contribution in [0.15, 0.2) is 71.3 Å². The summed E-state index contributed by atoms with van der Waals surface area (Å²) < 4.78 is 84.6. The van der Waals surface area contributed by atoms with Gasteiger partial charge in [0.1, 0.15) is 18.2 Å². The van der Waals surface area contributed by atoms with Gasteiger partial charge in [-0.1, -0.05) is 69.3 Å². The zero-order valence-corrected chi connectivity index (χ0v) is 20.1. The second-order valence-corrected chi connectivity index (χ2v) is 9.88. The predicted octanol–water partition coefficient (Wildman–Crippen LogP) is 8.26. The maximum absolute atomic E-state index is 9.01. The van der Waals surface area contributed by atoms with Crippen molar-refractivity contribution in [2.75, 3.05) is 0 Å². The standard InChI is InChI=1S/C32H34NO/c1-20-12-14-26-25-10-8-9-11-29(25)34-31(26)30(20)28-17-27(22(3)19-33(28)7)24-15-13-23(16-21(24)2)18-32(4,5)6/h8-17,19H,18H2,1-7H3/q+1/i2D3,3D3,15D,18D2. The van der Waals surface area contributed by atoms with E-state index < -0.39 is 25.5 Å². The van der Waals surface area contributed by atoms with Crippen LogP contribution in [-0.4, -0.2) is 0 Å². The van der Waals surface area contributed by atoms with Crippen molar-refractivity contribution in [3.63, 3.8) is 0 Å². The average Bonchev–Trinajstić information content (AvgIpc) is 3.25. The van der Waals surface area contributed by atoms with Crippen LogP contribution in [0.4, 0.5) is 0 Å². The van der Waals surface area contributed by atoms with Crippen molar-refractivity contribution in [2.24, 2.45) is 12.5 Å². The molecule has 2 nitrogen and oxygen atoms in total. The second kappa shape index (κ2) is 8.13. The van der Waals surface area contributed by atoms with Crippen LogP contribution in [0.2, 0.25) is 0 Å². The molecular formula is C32H34NO+. The summed E-state index contributed by atoms with van der Waals surface area (Å²) in [6.07, 6.45) is -0.500. The fourth-order valence-corrected chi connectivity index (χ4v) is 4.54. The third kappa shape index (κ3) is 3.92. The van der Waals surface area contributed by atoms with Crippen molar-refractivity contribution in [3.05, 3.63) is 89.1 Å². The van der Waals surface area contributed by atoms with Crippen LogP contribution < -0.4 is 4.57 Å². The van der Waals surface area contributed by atoms with E-state index in [0.29, 0.717) is 16.9 Å². The van der Waals surface area contributed by atoms with Gasteiger partial charge < -0.3 is 4.42 Å². The van der Waals surface area contributed by atoms with Crippen LogP contribution in [0.3, 0.4) is 0 Å². The highest BCUT2D eigenvalue weighted by atomic mass is 16.3. The minimum Gasteiger partial charge on any atom is -0.455 e. The highest BCUT2D eigenvalue weighted by Crippen LogP contribution is 2.38. The molecule has 0 fully saturated rings. The Labute approximate surface area is 215 Å². The molecule has 2 heteroatoms. The summed E-state index contributed by atoms with van der Waals surface area (Å²) in [6.45, 7) is 1.65. The van der Waals surface area contributed by atoms with E-state index in [4.69, 9.17) is 16.8 Å². The highest BCUT2D eigenvalue weighted by molar-refractivity contribution is 6.09. The lowest BCUT2D eigenvalue weighted by Gasteiger charge is -2.19. The first-order valence-corrected chi connectivity index (χ1v) is 11.3. The first-order valence-electron chi connectivity index (χ1n) is 15.8. The molecule has 0 unspecified atom stereocenters. The number of furan rings is 1. The van der Waals surface area contributed by atoms with Crippen LogP contribution in [0.5, 0.6) is 0 Å². The van der Waals surface area contributed by atoms with Crippen molar-refractivity contribution >= 4 is 21.9 Å². The normalized spacial score (nSPS) is 17.1. The lowest BCUT2D eigenvalue weighted by atomic mass is 9.86. The van der Waals surface area contributed by atoms with E-state index in [1.54, 1.807) is 38.5 Å². The van der Waals surface area contributed by atoms with Gasteiger partial charge in [-0.25, -0.2) is 4.57 Å². The van der Waals surface area contributed by atoms with E-state index >= 15 is 0 Å². The van der Waals surface area contributed by atoms with Gasteiger partial charge in [-0.2, -0.15) is 0 Å². The Kier molecular flexibility index (Phi) is 3.37. The Balaban J connectivity index is 1.90. The minimum atomic E-state index is -2.76. The van der Waals surface area contributed by atoms with Crippen molar-refractivity contribution in [1.82, 2.24) is 0 Å². The highest BCUT2D eigenvalue weighted by Gasteiger charge is 2.23. The summed E-state index contributed by atoms with van der Waals surface area (Å²) in [5.74, 6) is 0. The number of pyridine rings is 1. The zero-order chi connectivity index (χ0) is 31.9. The number of aromatic nitrogens is 1. The molecule has 2 aromatic heterocycles. The summed E-state index contributed by atoms with van der Waals surface area (Å²) in [4.78, 5) is 0. The van der Waals surface area contributed by atoms with Gasteiger partial charge in [0.2, 0.25) is 5.69 Å². The van der Waals surface area contributed by atoms with Gasteiger partial charge in [0, 0.05) is 33.4 Å². The molecule has 0 atom stereocenters. The molecule has 0 amide bonds. The molecule has 5 rings (SSSR count). The Hall–Kier alpha value is -3.39. The number of aryl methyl sites for hydroxylation is 4. The number of benzene rings is 3. The molecule has 5 aromatic rings. The van der Waals surface area contributed by atoms with Crippen molar-refractivity contribution in [2.45, 2.75) is 47.8 Å². The van der Waals surface area contributed by atoms with Crippen molar-refractivity contribution in [3.8, 4) is 22.4 Å². The molecule has 0 saturated carbocycles. The number of nitrogens with zero attached hydrogens (tertiary/aromatic N) is 1. The maximum atomic E-state index is 9.01. The third-order valence-corrected chi connectivity index (χ3v) is 6.02. The Morgan fingerprint density at radius 1 is 0.941 bits per heavy atom. The van der Waals surface area contributed by atoms with Gasteiger partial charge >= 0.3 is 0 Å². The molecule has 0 radical (unpaired) electrons. The van der Waals surface area contributed by atoms with E-state index in [2.05, 4.69) is 0 Å². The van der Waals surface area contributed by atoms with Crippen molar-refractivity contribution < 1.29 is 21.3 Å². The molecule has 0 aliphatic rings. The summed E-state index contributed by atoms with van der Waals surface area (Å²) in [5.41, 5.74) is 2.28. The largest absolute Gasteiger partial charge is 0.455 e. The van der Waals surface area contributed by atoms with Crippen LogP contribution in [-0.2, 0) is 13.4 Å². The van der Waals surface area contributed by atoms with E-state index in [9.17, 15) is 0 Å². The third-order valence-electron chi connectivity index (χ3n) is 6.02. The number of hydrogen-bond acceptors (Lipinski definition) is 1. The van der Waals surface area contributed by atoms with E-state index in [0.717, 1.165) is 21.9 Å². The van der Waals surface area contributed by atoms with Gasteiger partial charge in [-0.3, -0.25) is 0 Å². The molecule has 0 N–H and O–H groups in total. The Morgan fingerprint density at radius 2 is 1.74 bits per heavy atom. The van der Waals surface area contributed by atoms with Gasteiger partial charge in [0.15, 0.2) is 6.20 Å². The molecule has 2 heterocycles.